The van der Waals surface area contributed by atoms with E-state index in [0.717, 1.165) is 18.4 Å². The molecule has 0 saturated carbocycles. The predicted molar refractivity (Wildman–Crippen MR) is 64.2 cm³/mol. The van der Waals surface area contributed by atoms with Gasteiger partial charge >= 0.3 is 0 Å². The average molecular weight is 221 g/mol. The number of anilines is 1. The molecule has 0 amide bonds. The Morgan fingerprint density at radius 3 is 2.81 bits per heavy atom. The van der Waals surface area contributed by atoms with Crippen LogP contribution in [0, 0.1) is 0 Å². The second kappa shape index (κ2) is 4.67. The highest BCUT2D eigenvalue weighted by Gasteiger charge is 2.21. The number of nitrogens with zero attached hydrogens (tertiary/aromatic N) is 2. The predicted octanol–water partition coefficient (Wildman–Crippen LogP) is 1.01. The molecule has 0 aromatic carbocycles. The Hall–Kier alpha value is -1.33. The first-order chi connectivity index (χ1) is 7.74. The molecular weight excluding hydrogens is 202 g/mol. The smallest absolute Gasteiger partial charge is 0.126 e. The molecule has 1 aromatic heterocycles. The van der Waals surface area contributed by atoms with Crippen molar-refractivity contribution in [3.63, 3.8) is 0 Å². The summed E-state index contributed by atoms with van der Waals surface area (Å²) in [7, 11) is 1.83. The number of aryl methyl sites for hydroxylation is 1. The van der Waals surface area contributed by atoms with Gasteiger partial charge in [-0.25, -0.2) is 5.43 Å². The lowest BCUT2D eigenvalue weighted by Crippen LogP contribution is -2.30. The second-order valence-corrected chi connectivity index (χ2v) is 4.23. The van der Waals surface area contributed by atoms with Crippen molar-refractivity contribution in [3.8, 4) is 0 Å². The SMILES string of the molecule is Cn1ncc(C(NN)C2=CCCCC2)c1N. The first-order valence-corrected chi connectivity index (χ1v) is 5.66. The molecule has 5 nitrogen and oxygen atoms in total. The van der Waals surface area contributed by atoms with Crippen LogP contribution in [-0.4, -0.2) is 9.78 Å². The van der Waals surface area contributed by atoms with Gasteiger partial charge in [-0.3, -0.25) is 10.5 Å². The Kier molecular flexibility index (Phi) is 3.26. The van der Waals surface area contributed by atoms with E-state index in [4.69, 9.17) is 11.6 Å². The number of aromatic nitrogens is 2. The van der Waals surface area contributed by atoms with Gasteiger partial charge in [-0.05, 0) is 25.7 Å². The molecule has 5 N–H and O–H groups in total. The van der Waals surface area contributed by atoms with Crippen molar-refractivity contribution >= 4 is 5.82 Å². The Morgan fingerprint density at radius 2 is 2.31 bits per heavy atom. The van der Waals surface area contributed by atoms with Crippen molar-refractivity contribution in [1.82, 2.24) is 15.2 Å². The van der Waals surface area contributed by atoms with E-state index in [1.165, 1.54) is 18.4 Å². The third-order valence-corrected chi connectivity index (χ3v) is 3.19. The van der Waals surface area contributed by atoms with E-state index >= 15 is 0 Å². The summed E-state index contributed by atoms with van der Waals surface area (Å²) in [6, 6.07) is 0.00833. The zero-order chi connectivity index (χ0) is 11.5. The van der Waals surface area contributed by atoms with Crippen LogP contribution in [0.15, 0.2) is 17.8 Å². The van der Waals surface area contributed by atoms with Crippen LogP contribution in [0.25, 0.3) is 0 Å². The summed E-state index contributed by atoms with van der Waals surface area (Å²) in [6.45, 7) is 0. The molecule has 0 spiro atoms. The largest absolute Gasteiger partial charge is 0.384 e. The molecule has 88 valence electrons. The number of nitrogens with one attached hydrogen (secondary N) is 1. The molecule has 0 aliphatic heterocycles. The van der Waals surface area contributed by atoms with Crippen molar-refractivity contribution < 1.29 is 0 Å². The minimum absolute atomic E-state index is 0.00833. The Labute approximate surface area is 95.5 Å². The lowest BCUT2D eigenvalue weighted by molar-refractivity contribution is 0.567. The van der Waals surface area contributed by atoms with Crippen molar-refractivity contribution in [2.45, 2.75) is 31.7 Å². The summed E-state index contributed by atoms with van der Waals surface area (Å²) < 4.78 is 1.67. The van der Waals surface area contributed by atoms with Gasteiger partial charge in [0.2, 0.25) is 0 Å². The maximum absolute atomic E-state index is 5.96. The fourth-order valence-electron chi connectivity index (χ4n) is 2.21. The maximum Gasteiger partial charge on any atom is 0.126 e. The molecule has 1 atom stereocenters. The molecule has 1 aliphatic carbocycles. The van der Waals surface area contributed by atoms with Gasteiger partial charge < -0.3 is 5.73 Å². The third-order valence-electron chi connectivity index (χ3n) is 3.19. The highest BCUT2D eigenvalue weighted by molar-refractivity contribution is 5.44. The summed E-state index contributed by atoms with van der Waals surface area (Å²) >= 11 is 0. The molecule has 0 saturated heterocycles. The van der Waals surface area contributed by atoms with Gasteiger partial charge in [0.05, 0.1) is 12.2 Å². The van der Waals surface area contributed by atoms with Gasteiger partial charge in [-0.1, -0.05) is 11.6 Å². The van der Waals surface area contributed by atoms with Crippen LogP contribution in [-0.2, 0) is 7.05 Å². The van der Waals surface area contributed by atoms with E-state index in [1.54, 1.807) is 10.9 Å². The van der Waals surface area contributed by atoms with E-state index in [2.05, 4.69) is 16.6 Å². The van der Waals surface area contributed by atoms with Crippen molar-refractivity contribution in [3.05, 3.63) is 23.4 Å². The van der Waals surface area contributed by atoms with Crippen molar-refractivity contribution in [2.75, 3.05) is 5.73 Å². The monoisotopic (exact) mass is 221 g/mol. The van der Waals surface area contributed by atoms with Crippen LogP contribution in [0.3, 0.4) is 0 Å². The molecule has 16 heavy (non-hydrogen) atoms. The summed E-state index contributed by atoms with van der Waals surface area (Å²) in [6.07, 6.45) is 8.76. The number of hydrazine groups is 1. The number of allylic oxidation sites excluding steroid dienone is 1. The van der Waals surface area contributed by atoms with Crippen LogP contribution in [0.2, 0.25) is 0 Å². The van der Waals surface area contributed by atoms with E-state index in [9.17, 15) is 0 Å². The Balaban J connectivity index is 2.28. The van der Waals surface area contributed by atoms with Crippen molar-refractivity contribution in [1.29, 1.82) is 0 Å². The quantitative estimate of drug-likeness (QED) is 0.404. The summed E-state index contributed by atoms with van der Waals surface area (Å²) in [5.74, 6) is 6.31. The molecule has 0 radical (unpaired) electrons. The van der Waals surface area contributed by atoms with E-state index in [1.807, 2.05) is 7.05 Å². The average Bonchev–Trinajstić information content (AvgIpc) is 2.64. The summed E-state index contributed by atoms with van der Waals surface area (Å²) in [4.78, 5) is 0. The highest BCUT2D eigenvalue weighted by atomic mass is 15.3. The second-order valence-electron chi connectivity index (χ2n) is 4.23. The number of nitrogens with two attached hydrogens (primary N) is 2. The van der Waals surface area contributed by atoms with Gasteiger partial charge in [-0.15, -0.1) is 0 Å². The Bertz CT molecular complexity index is 393. The van der Waals surface area contributed by atoms with E-state index in [0.29, 0.717) is 5.82 Å². The molecule has 0 bridgehead atoms. The van der Waals surface area contributed by atoms with E-state index in [-0.39, 0.29) is 6.04 Å². The van der Waals surface area contributed by atoms with Gasteiger partial charge in [0.15, 0.2) is 0 Å². The van der Waals surface area contributed by atoms with Crippen LogP contribution in [0.5, 0.6) is 0 Å². The van der Waals surface area contributed by atoms with Gasteiger partial charge in [0.1, 0.15) is 5.82 Å². The van der Waals surface area contributed by atoms with Crippen LogP contribution in [0.1, 0.15) is 37.3 Å². The molecule has 1 heterocycles. The van der Waals surface area contributed by atoms with Crippen LogP contribution >= 0.6 is 0 Å². The zero-order valence-corrected chi connectivity index (χ0v) is 9.61. The summed E-state index contributed by atoms with van der Waals surface area (Å²) in [5.41, 5.74) is 11.1. The lowest BCUT2D eigenvalue weighted by atomic mass is 9.91. The normalized spacial score (nSPS) is 18.2. The minimum atomic E-state index is 0.00833. The summed E-state index contributed by atoms with van der Waals surface area (Å²) in [5, 5.41) is 4.15. The van der Waals surface area contributed by atoms with Crippen LogP contribution < -0.4 is 17.0 Å². The van der Waals surface area contributed by atoms with Crippen molar-refractivity contribution in [2.24, 2.45) is 12.9 Å². The maximum atomic E-state index is 5.96. The number of hydrogen-bond acceptors (Lipinski definition) is 4. The molecule has 5 heteroatoms. The molecule has 1 aliphatic rings. The topological polar surface area (TPSA) is 81.9 Å². The first-order valence-electron chi connectivity index (χ1n) is 5.66. The molecule has 1 unspecified atom stereocenters. The highest BCUT2D eigenvalue weighted by Crippen LogP contribution is 2.31. The number of nitrogen functional groups attached to an aromatic ring is 1. The van der Waals surface area contributed by atoms with Gasteiger partial charge in [0, 0.05) is 12.6 Å². The molecule has 1 aromatic rings. The third kappa shape index (κ3) is 1.96. The van der Waals surface area contributed by atoms with E-state index < -0.39 is 0 Å². The molecular formula is C11H19N5. The zero-order valence-electron chi connectivity index (χ0n) is 9.61. The fraction of sp³-hybridized carbons (Fsp3) is 0.545. The molecule has 0 fully saturated rings. The van der Waals surface area contributed by atoms with Gasteiger partial charge in [0.25, 0.3) is 0 Å². The van der Waals surface area contributed by atoms with Crippen LogP contribution in [0.4, 0.5) is 5.82 Å². The minimum Gasteiger partial charge on any atom is -0.384 e. The van der Waals surface area contributed by atoms with Gasteiger partial charge in [-0.2, -0.15) is 5.10 Å². The first kappa shape index (κ1) is 11.2. The Morgan fingerprint density at radius 1 is 1.50 bits per heavy atom. The number of hydrogen-bond donors (Lipinski definition) is 3. The fourth-order valence-corrected chi connectivity index (χ4v) is 2.21. The standard InChI is InChI=1S/C11H19N5/c1-16-11(12)9(7-14-16)10(15-13)8-5-3-2-4-6-8/h5,7,10,15H,2-4,6,12-13H2,1H3. The lowest BCUT2D eigenvalue weighted by Gasteiger charge is -2.22. The molecule has 2 rings (SSSR count). The number of rotatable bonds is 3.